The topological polar surface area (TPSA) is 53.3 Å². The van der Waals surface area contributed by atoms with Crippen molar-refractivity contribution in [1.82, 2.24) is 4.90 Å². The van der Waals surface area contributed by atoms with E-state index >= 15 is 0 Å². The lowest BCUT2D eigenvalue weighted by Gasteiger charge is -2.34. The number of hydrogen-bond acceptors (Lipinski definition) is 3. The highest BCUT2D eigenvalue weighted by atomic mass is 16.5. The molecule has 1 fully saturated rings. The van der Waals surface area contributed by atoms with Crippen LogP contribution in [0.3, 0.4) is 0 Å². The molecule has 0 aromatic heterocycles. The molecule has 0 atom stereocenters. The van der Waals surface area contributed by atoms with E-state index in [9.17, 15) is 4.79 Å². The Kier molecular flexibility index (Phi) is 4.10. The highest BCUT2D eigenvalue weighted by Crippen LogP contribution is 2.29. The molecule has 1 rings (SSSR count). The molecule has 1 amide bonds. The molecule has 1 saturated heterocycles. The number of nitrogens with zero attached hydrogens (tertiary/aromatic N) is 2. The van der Waals surface area contributed by atoms with Crippen molar-refractivity contribution in [2.45, 2.75) is 26.7 Å². The molecular formula is C11H18N2O2. The quantitative estimate of drug-likeness (QED) is 0.702. The molecule has 4 heteroatoms. The van der Waals surface area contributed by atoms with Gasteiger partial charge >= 0.3 is 0 Å². The summed E-state index contributed by atoms with van der Waals surface area (Å²) in [5.74, 6) is 0.0387. The van der Waals surface area contributed by atoms with E-state index in [1.54, 1.807) is 4.90 Å². The zero-order valence-electron chi connectivity index (χ0n) is 9.45. The summed E-state index contributed by atoms with van der Waals surface area (Å²) in [4.78, 5) is 13.4. The molecule has 1 heterocycles. The predicted octanol–water partition coefficient (Wildman–Crippen LogP) is 1.18. The lowest BCUT2D eigenvalue weighted by atomic mass is 9.82. The molecule has 4 nitrogen and oxygen atoms in total. The van der Waals surface area contributed by atoms with E-state index in [0.717, 1.165) is 12.8 Å². The molecule has 1 aliphatic heterocycles. The van der Waals surface area contributed by atoms with Crippen molar-refractivity contribution >= 4 is 5.91 Å². The van der Waals surface area contributed by atoms with Gasteiger partial charge in [0.15, 0.2) is 0 Å². The van der Waals surface area contributed by atoms with Crippen LogP contribution in [0.5, 0.6) is 0 Å². The molecule has 0 aliphatic carbocycles. The maximum Gasteiger partial charge on any atom is 0.248 e. The Morgan fingerprint density at radius 3 is 2.60 bits per heavy atom. The first-order valence-corrected chi connectivity index (χ1v) is 5.38. The summed E-state index contributed by atoms with van der Waals surface area (Å²) < 4.78 is 5.07. The third-order valence-electron chi connectivity index (χ3n) is 2.92. The Balaban J connectivity index is 2.38. The van der Waals surface area contributed by atoms with Gasteiger partial charge in [0, 0.05) is 19.7 Å². The second kappa shape index (κ2) is 5.13. The van der Waals surface area contributed by atoms with E-state index in [0.29, 0.717) is 19.7 Å². The SMILES string of the molecule is CCOCC(=O)N1CCC(C)(C#N)CC1. The second-order valence-electron chi connectivity index (χ2n) is 4.19. The fourth-order valence-corrected chi connectivity index (χ4v) is 1.64. The number of amides is 1. The Bertz CT molecular complexity index is 262. The molecule has 0 radical (unpaired) electrons. The third-order valence-corrected chi connectivity index (χ3v) is 2.92. The number of hydrogen-bond donors (Lipinski definition) is 0. The van der Waals surface area contributed by atoms with E-state index in [4.69, 9.17) is 10.00 Å². The summed E-state index contributed by atoms with van der Waals surface area (Å²) in [6.45, 7) is 5.91. The van der Waals surface area contributed by atoms with Crippen molar-refractivity contribution in [3.8, 4) is 6.07 Å². The van der Waals surface area contributed by atoms with Crippen molar-refractivity contribution in [2.24, 2.45) is 5.41 Å². The number of likely N-dealkylation sites (tertiary alicyclic amines) is 1. The van der Waals surface area contributed by atoms with Crippen LogP contribution >= 0.6 is 0 Å². The van der Waals surface area contributed by atoms with Gasteiger partial charge in [-0.2, -0.15) is 5.26 Å². The number of rotatable bonds is 3. The number of piperidine rings is 1. The normalized spacial score (nSPS) is 19.7. The smallest absolute Gasteiger partial charge is 0.248 e. The number of carbonyl (C=O) groups excluding carboxylic acids is 1. The van der Waals surface area contributed by atoms with Gasteiger partial charge in [0.2, 0.25) is 5.91 Å². The zero-order valence-corrected chi connectivity index (χ0v) is 9.45. The first-order valence-electron chi connectivity index (χ1n) is 5.38. The molecule has 0 bridgehead atoms. The van der Waals surface area contributed by atoms with Gasteiger partial charge in [-0.15, -0.1) is 0 Å². The van der Waals surface area contributed by atoms with E-state index in [-0.39, 0.29) is 17.9 Å². The standard InChI is InChI=1S/C11H18N2O2/c1-3-15-8-10(14)13-6-4-11(2,9-12)5-7-13/h3-8H2,1-2H3. The highest BCUT2D eigenvalue weighted by Gasteiger charge is 2.31. The second-order valence-corrected chi connectivity index (χ2v) is 4.19. The summed E-state index contributed by atoms with van der Waals surface area (Å²) in [7, 11) is 0. The minimum atomic E-state index is -0.248. The van der Waals surface area contributed by atoms with Crippen molar-refractivity contribution in [3.05, 3.63) is 0 Å². The third kappa shape index (κ3) is 3.21. The first kappa shape index (κ1) is 12.0. The summed E-state index contributed by atoms with van der Waals surface area (Å²) in [5, 5.41) is 8.94. The van der Waals surface area contributed by atoms with Gasteiger partial charge in [0.05, 0.1) is 11.5 Å². The van der Waals surface area contributed by atoms with Crippen LogP contribution in [0.15, 0.2) is 0 Å². The fourth-order valence-electron chi connectivity index (χ4n) is 1.64. The highest BCUT2D eigenvalue weighted by molar-refractivity contribution is 5.77. The van der Waals surface area contributed by atoms with Crippen molar-refractivity contribution in [1.29, 1.82) is 5.26 Å². The zero-order chi connectivity index (χ0) is 11.3. The Hall–Kier alpha value is -1.08. The number of nitriles is 1. The molecule has 0 unspecified atom stereocenters. The summed E-state index contributed by atoms with van der Waals surface area (Å²) in [6, 6.07) is 2.31. The van der Waals surface area contributed by atoms with Crippen LogP contribution in [0.4, 0.5) is 0 Å². The van der Waals surface area contributed by atoms with E-state index in [1.807, 2.05) is 13.8 Å². The molecule has 84 valence electrons. The van der Waals surface area contributed by atoms with Gasteiger partial charge in [0.1, 0.15) is 6.61 Å². The summed E-state index contributed by atoms with van der Waals surface area (Å²) in [5.41, 5.74) is -0.248. The number of carbonyl (C=O) groups is 1. The van der Waals surface area contributed by atoms with Crippen LogP contribution in [0.1, 0.15) is 26.7 Å². The van der Waals surface area contributed by atoms with Gasteiger partial charge in [-0.1, -0.05) is 0 Å². The molecule has 15 heavy (non-hydrogen) atoms. The van der Waals surface area contributed by atoms with E-state index in [1.165, 1.54) is 0 Å². The van der Waals surface area contributed by atoms with Crippen LogP contribution in [0.25, 0.3) is 0 Å². The summed E-state index contributed by atoms with van der Waals surface area (Å²) >= 11 is 0. The van der Waals surface area contributed by atoms with E-state index in [2.05, 4.69) is 6.07 Å². The van der Waals surface area contributed by atoms with Gasteiger partial charge in [-0.3, -0.25) is 4.79 Å². The van der Waals surface area contributed by atoms with Crippen LogP contribution in [-0.2, 0) is 9.53 Å². The number of ether oxygens (including phenoxy) is 1. The van der Waals surface area contributed by atoms with Crippen molar-refractivity contribution in [3.63, 3.8) is 0 Å². The maximum atomic E-state index is 11.6. The van der Waals surface area contributed by atoms with Crippen molar-refractivity contribution < 1.29 is 9.53 Å². The average molecular weight is 210 g/mol. The molecule has 1 aliphatic rings. The minimum absolute atomic E-state index is 0.0387. The van der Waals surface area contributed by atoms with Gasteiger partial charge in [-0.25, -0.2) is 0 Å². The lowest BCUT2D eigenvalue weighted by Crippen LogP contribution is -2.43. The molecule has 0 aromatic carbocycles. The van der Waals surface area contributed by atoms with Crippen LogP contribution in [0.2, 0.25) is 0 Å². The monoisotopic (exact) mass is 210 g/mol. The predicted molar refractivity (Wildman–Crippen MR) is 56.0 cm³/mol. The molecule has 0 saturated carbocycles. The molecule has 0 spiro atoms. The fraction of sp³-hybridized carbons (Fsp3) is 0.818. The Labute approximate surface area is 90.8 Å². The molecule has 0 aromatic rings. The maximum absolute atomic E-state index is 11.6. The van der Waals surface area contributed by atoms with Crippen LogP contribution < -0.4 is 0 Å². The van der Waals surface area contributed by atoms with Crippen LogP contribution in [0, 0.1) is 16.7 Å². The van der Waals surface area contributed by atoms with Crippen LogP contribution in [-0.4, -0.2) is 37.1 Å². The van der Waals surface area contributed by atoms with Gasteiger partial charge in [-0.05, 0) is 26.7 Å². The van der Waals surface area contributed by atoms with Crippen molar-refractivity contribution in [2.75, 3.05) is 26.3 Å². The van der Waals surface area contributed by atoms with Gasteiger partial charge < -0.3 is 9.64 Å². The Morgan fingerprint density at radius 1 is 1.53 bits per heavy atom. The first-order chi connectivity index (χ1) is 7.11. The lowest BCUT2D eigenvalue weighted by molar-refractivity contribution is -0.137. The molecule has 0 N–H and O–H groups in total. The largest absolute Gasteiger partial charge is 0.372 e. The average Bonchev–Trinajstić information content (AvgIpc) is 2.27. The Morgan fingerprint density at radius 2 is 2.13 bits per heavy atom. The van der Waals surface area contributed by atoms with E-state index < -0.39 is 0 Å². The minimum Gasteiger partial charge on any atom is -0.372 e. The van der Waals surface area contributed by atoms with Gasteiger partial charge in [0.25, 0.3) is 0 Å². The summed E-state index contributed by atoms with van der Waals surface area (Å²) in [6.07, 6.45) is 1.53. The molecular weight excluding hydrogens is 192 g/mol.